The standard InChI is InChI=1S/C20H26N2O6/c1-12(2)11-27-18(13-6-4-3-5-7-13)14-9-22(20(26)21-19(14)25)17-8-15(24)16(10-23)28-17/h3-7,9,12,15-18,23-24H,8,10-11H2,1-2H3,(H,21,25,26)/t15-,16+,17+,18?/m0/s1. The van der Waals surface area contributed by atoms with Crippen molar-refractivity contribution in [3.05, 3.63) is 68.5 Å². The first-order valence-electron chi connectivity index (χ1n) is 9.37. The minimum atomic E-state index is -0.889. The molecular weight excluding hydrogens is 364 g/mol. The van der Waals surface area contributed by atoms with Gasteiger partial charge >= 0.3 is 5.69 Å². The van der Waals surface area contributed by atoms with Gasteiger partial charge in [0.2, 0.25) is 0 Å². The predicted molar refractivity (Wildman–Crippen MR) is 102 cm³/mol. The number of ether oxygens (including phenoxy) is 2. The molecule has 0 saturated carbocycles. The van der Waals surface area contributed by atoms with Crippen molar-refractivity contribution in [1.29, 1.82) is 0 Å². The van der Waals surface area contributed by atoms with E-state index in [1.165, 1.54) is 10.8 Å². The molecule has 0 aliphatic carbocycles. The van der Waals surface area contributed by atoms with Crippen LogP contribution in [0.15, 0.2) is 46.1 Å². The average molecular weight is 390 g/mol. The number of hydrogen-bond donors (Lipinski definition) is 3. The Balaban J connectivity index is 2.01. The summed E-state index contributed by atoms with van der Waals surface area (Å²) in [5, 5.41) is 19.2. The number of rotatable bonds is 7. The van der Waals surface area contributed by atoms with Gasteiger partial charge in [0.05, 0.1) is 24.9 Å². The van der Waals surface area contributed by atoms with E-state index in [2.05, 4.69) is 4.98 Å². The van der Waals surface area contributed by atoms with E-state index in [1.807, 2.05) is 44.2 Å². The summed E-state index contributed by atoms with van der Waals surface area (Å²) in [6.07, 6.45) is -1.53. The van der Waals surface area contributed by atoms with Crippen molar-refractivity contribution in [1.82, 2.24) is 9.55 Å². The van der Waals surface area contributed by atoms with Gasteiger partial charge in [0.15, 0.2) is 0 Å². The molecule has 0 spiro atoms. The molecule has 1 fully saturated rings. The van der Waals surface area contributed by atoms with Crippen LogP contribution in [0.5, 0.6) is 0 Å². The highest BCUT2D eigenvalue weighted by atomic mass is 16.5. The van der Waals surface area contributed by atoms with E-state index in [4.69, 9.17) is 9.47 Å². The molecule has 2 heterocycles. The van der Waals surface area contributed by atoms with Crippen molar-refractivity contribution in [2.45, 2.75) is 44.8 Å². The maximum Gasteiger partial charge on any atom is 0.330 e. The fourth-order valence-electron chi connectivity index (χ4n) is 3.23. The van der Waals surface area contributed by atoms with Gasteiger partial charge in [0, 0.05) is 12.6 Å². The van der Waals surface area contributed by atoms with Gasteiger partial charge in [-0.3, -0.25) is 14.3 Å². The number of H-pyrrole nitrogens is 1. The van der Waals surface area contributed by atoms with Crippen LogP contribution in [0.4, 0.5) is 0 Å². The van der Waals surface area contributed by atoms with Gasteiger partial charge in [-0.2, -0.15) is 0 Å². The second-order valence-electron chi connectivity index (χ2n) is 7.38. The summed E-state index contributed by atoms with van der Waals surface area (Å²) in [4.78, 5) is 27.2. The van der Waals surface area contributed by atoms with Gasteiger partial charge < -0.3 is 19.7 Å². The third-order valence-corrected chi connectivity index (χ3v) is 4.67. The van der Waals surface area contributed by atoms with Crippen molar-refractivity contribution >= 4 is 0 Å². The topological polar surface area (TPSA) is 114 Å². The van der Waals surface area contributed by atoms with Crippen LogP contribution in [-0.2, 0) is 9.47 Å². The molecule has 152 valence electrons. The Morgan fingerprint density at radius 2 is 2.00 bits per heavy atom. The number of hydrogen-bond acceptors (Lipinski definition) is 6. The summed E-state index contributed by atoms with van der Waals surface area (Å²) in [7, 11) is 0. The molecule has 28 heavy (non-hydrogen) atoms. The molecule has 3 N–H and O–H groups in total. The highest BCUT2D eigenvalue weighted by molar-refractivity contribution is 5.27. The Morgan fingerprint density at radius 1 is 1.29 bits per heavy atom. The Hall–Kier alpha value is -2.26. The van der Waals surface area contributed by atoms with Crippen LogP contribution in [0.2, 0.25) is 0 Å². The lowest BCUT2D eigenvalue weighted by molar-refractivity contribution is -0.0462. The van der Waals surface area contributed by atoms with E-state index in [9.17, 15) is 19.8 Å². The maximum absolute atomic E-state index is 12.6. The van der Waals surface area contributed by atoms with E-state index in [-0.39, 0.29) is 24.5 Å². The Labute approximate surface area is 162 Å². The van der Waals surface area contributed by atoms with E-state index < -0.39 is 35.8 Å². The molecule has 1 aliphatic rings. The highest BCUT2D eigenvalue weighted by Crippen LogP contribution is 2.29. The van der Waals surface area contributed by atoms with Gasteiger partial charge in [-0.15, -0.1) is 0 Å². The molecule has 8 nitrogen and oxygen atoms in total. The van der Waals surface area contributed by atoms with Crippen LogP contribution in [0.1, 0.15) is 43.7 Å². The SMILES string of the molecule is CC(C)COC(c1ccccc1)c1cn([C@H]2C[C@H](O)[C@@H](CO)O2)c(=O)[nH]c1=O. The summed E-state index contributed by atoms with van der Waals surface area (Å²) >= 11 is 0. The third kappa shape index (κ3) is 4.41. The van der Waals surface area contributed by atoms with Crippen molar-refractivity contribution in [2.75, 3.05) is 13.2 Å². The lowest BCUT2D eigenvalue weighted by Gasteiger charge is -2.21. The first kappa shape index (κ1) is 20.5. The summed E-state index contributed by atoms with van der Waals surface area (Å²) in [5.74, 6) is 0.259. The van der Waals surface area contributed by atoms with Gasteiger partial charge in [-0.1, -0.05) is 44.2 Å². The molecule has 0 amide bonds. The molecule has 1 saturated heterocycles. The molecular formula is C20H26N2O6. The highest BCUT2D eigenvalue weighted by Gasteiger charge is 2.35. The van der Waals surface area contributed by atoms with Gasteiger partial charge in [-0.05, 0) is 11.5 Å². The fourth-order valence-corrected chi connectivity index (χ4v) is 3.23. The predicted octanol–water partition coefficient (Wildman–Crippen LogP) is 0.939. The lowest BCUT2D eigenvalue weighted by atomic mass is 10.0. The van der Waals surface area contributed by atoms with Crippen LogP contribution >= 0.6 is 0 Å². The van der Waals surface area contributed by atoms with Gasteiger partial charge in [0.25, 0.3) is 5.56 Å². The average Bonchev–Trinajstić information content (AvgIpc) is 3.04. The van der Waals surface area contributed by atoms with E-state index in [0.717, 1.165) is 5.56 Å². The quantitative estimate of drug-likeness (QED) is 0.648. The van der Waals surface area contributed by atoms with Crippen molar-refractivity contribution in [3.8, 4) is 0 Å². The van der Waals surface area contributed by atoms with Crippen LogP contribution < -0.4 is 11.2 Å². The molecule has 1 unspecified atom stereocenters. The first-order valence-corrected chi connectivity index (χ1v) is 9.37. The van der Waals surface area contributed by atoms with Crippen molar-refractivity contribution in [3.63, 3.8) is 0 Å². The monoisotopic (exact) mass is 390 g/mol. The summed E-state index contributed by atoms with van der Waals surface area (Å²) in [6.45, 7) is 4.10. The summed E-state index contributed by atoms with van der Waals surface area (Å²) in [6, 6.07) is 9.30. The third-order valence-electron chi connectivity index (χ3n) is 4.67. The largest absolute Gasteiger partial charge is 0.394 e. The summed E-state index contributed by atoms with van der Waals surface area (Å²) < 4.78 is 12.8. The lowest BCUT2D eigenvalue weighted by Crippen LogP contribution is -2.35. The second kappa shape index (κ2) is 8.83. The Morgan fingerprint density at radius 3 is 2.61 bits per heavy atom. The number of benzene rings is 1. The number of aliphatic hydroxyl groups is 2. The number of aliphatic hydroxyl groups excluding tert-OH is 2. The zero-order valence-electron chi connectivity index (χ0n) is 15.9. The smallest absolute Gasteiger partial charge is 0.330 e. The van der Waals surface area contributed by atoms with Crippen LogP contribution in [0, 0.1) is 5.92 Å². The molecule has 3 rings (SSSR count). The maximum atomic E-state index is 12.6. The van der Waals surface area contributed by atoms with E-state index in [1.54, 1.807) is 0 Å². The molecule has 4 atom stereocenters. The number of nitrogens with one attached hydrogen (secondary N) is 1. The Bertz CT molecular complexity index is 892. The molecule has 1 aromatic carbocycles. The van der Waals surface area contributed by atoms with E-state index in [0.29, 0.717) is 6.61 Å². The fraction of sp³-hybridized carbons (Fsp3) is 0.500. The molecule has 1 aliphatic heterocycles. The minimum absolute atomic E-state index is 0.138. The number of aromatic amines is 1. The normalized spacial score (nSPS) is 23.2. The van der Waals surface area contributed by atoms with Gasteiger partial charge in [0.1, 0.15) is 18.4 Å². The molecule has 2 aromatic rings. The Kier molecular flexibility index (Phi) is 6.46. The van der Waals surface area contributed by atoms with Crippen LogP contribution in [-0.4, -0.2) is 45.2 Å². The minimum Gasteiger partial charge on any atom is -0.394 e. The summed E-state index contributed by atoms with van der Waals surface area (Å²) in [5.41, 5.74) is -0.104. The molecule has 0 radical (unpaired) electrons. The molecule has 1 aromatic heterocycles. The van der Waals surface area contributed by atoms with Gasteiger partial charge in [-0.25, -0.2) is 4.79 Å². The zero-order valence-corrected chi connectivity index (χ0v) is 15.9. The van der Waals surface area contributed by atoms with E-state index >= 15 is 0 Å². The number of aromatic nitrogens is 2. The zero-order chi connectivity index (χ0) is 20.3. The first-order chi connectivity index (χ1) is 13.4. The van der Waals surface area contributed by atoms with Crippen molar-refractivity contribution < 1.29 is 19.7 Å². The second-order valence-corrected chi connectivity index (χ2v) is 7.38. The molecule has 0 bridgehead atoms. The van der Waals surface area contributed by atoms with Crippen LogP contribution in [0.3, 0.4) is 0 Å². The molecule has 8 heteroatoms. The van der Waals surface area contributed by atoms with Crippen LogP contribution in [0.25, 0.3) is 0 Å². The van der Waals surface area contributed by atoms with Crippen molar-refractivity contribution in [2.24, 2.45) is 5.92 Å². The number of nitrogens with zero attached hydrogens (tertiary/aromatic N) is 1.